The first-order valence-electron chi connectivity index (χ1n) is 7.22. The van der Waals surface area contributed by atoms with Gasteiger partial charge in [-0.3, -0.25) is 4.79 Å². The van der Waals surface area contributed by atoms with Gasteiger partial charge in [0.25, 0.3) is 0 Å². The van der Waals surface area contributed by atoms with Gasteiger partial charge in [-0.15, -0.1) is 0 Å². The molecule has 3 heteroatoms. The predicted octanol–water partition coefficient (Wildman–Crippen LogP) is 1.91. The van der Waals surface area contributed by atoms with Crippen molar-refractivity contribution in [3.05, 3.63) is 0 Å². The molecule has 98 valence electrons. The Bertz CT molecular complexity index is 267. The van der Waals surface area contributed by atoms with E-state index in [1.807, 2.05) is 0 Å². The van der Waals surface area contributed by atoms with Crippen molar-refractivity contribution in [1.29, 1.82) is 0 Å². The van der Waals surface area contributed by atoms with E-state index in [4.69, 9.17) is 5.73 Å². The minimum atomic E-state index is 0.0265. The fraction of sp³-hybridized carbons (Fsp3) is 0.929. The van der Waals surface area contributed by atoms with Gasteiger partial charge in [0, 0.05) is 13.1 Å². The van der Waals surface area contributed by atoms with Crippen LogP contribution in [0.25, 0.3) is 0 Å². The molecule has 1 amide bonds. The molecule has 3 nitrogen and oxygen atoms in total. The van der Waals surface area contributed by atoms with Crippen LogP contribution < -0.4 is 11.1 Å². The van der Waals surface area contributed by atoms with Crippen LogP contribution in [-0.2, 0) is 4.79 Å². The first-order valence-corrected chi connectivity index (χ1v) is 7.22. The monoisotopic (exact) mass is 238 g/mol. The average Bonchev–Trinajstić information content (AvgIpc) is 2.95. The molecule has 2 rings (SSSR count). The largest absolute Gasteiger partial charge is 0.356 e. The number of nitrogens with two attached hydrogens (primary N) is 1. The van der Waals surface area contributed by atoms with E-state index >= 15 is 0 Å². The molecule has 3 N–H and O–H groups in total. The summed E-state index contributed by atoms with van der Waals surface area (Å²) in [6.07, 6.45) is 7.52. The van der Waals surface area contributed by atoms with Crippen LogP contribution in [0, 0.1) is 23.7 Å². The summed E-state index contributed by atoms with van der Waals surface area (Å²) in [7, 11) is 0. The van der Waals surface area contributed by atoms with Crippen LogP contribution in [0.4, 0.5) is 0 Å². The number of fused-ring (bicyclic) bond motifs is 2. The van der Waals surface area contributed by atoms with Gasteiger partial charge in [-0.25, -0.2) is 0 Å². The third-order valence-corrected chi connectivity index (χ3v) is 4.72. The van der Waals surface area contributed by atoms with Gasteiger partial charge >= 0.3 is 0 Å². The van der Waals surface area contributed by atoms with E-state index in [1.165, 1.54) is 25.7 Å². The van der Waals surface area contributed by atoms with Crippen LogP contribution in [0.15, 0.2) is 0 Å². The maximum Gasteiger partial charge on any atom is 0.224 e. The highest BCUT2D eigenvalue weighted by Gasteiger charge is 2.39. The summed E-state index contributed by atoms with van der Waals surface area (Å²) < 4.78 is 0. The Labute approximate surface area is 105 Å². The van der Waals surface area contributed by atoms with Crippen molar-refractivity contribution in [2.75, 3.05) is 13.1 Å². The maximum atomic E-state index is 11.9. The SMILES string of the molecule is CCCC(CN)C(=O)NCC1CC2CCC1C2. The molecule has 2 aliphatic carbocycles. The molecule has 2 fully saturated rings. The lowest BCUT2D eigenvalue weighted by Crippen LogP contribution is -2.38. The normalized spacial score (nSPS) is 32.7. The van der Waals surface area contributed by atoms with Crippen molar-refractivity contribution in [3.8, 4) is 0 Å². The van der Waals surface area contributed by atoms with Gasteiger partial charge in [-0.2, -0.15) is 0 Å². The molecule has 0 aromatic carbocycles. The lowest BCUT2D eigenvalue weighted by molar-refractivity contribution is -0.125. The van der Waals surface area contributed by atoms with Gasteiger partial charge in [0.2, 0.25) is 5.91 Å². The number of carbonyl (C=O) groups is 1. The maximum absolute atomic E-state index is 11.9. The minimum Gasteiger partial charge on any atom is -0.356 e. The topological polar surface area (TPSA) is 55.1 Å². The van der Waals surface area contributed by atoms with E-state index < -0.39 is 0 Å². The Balaban J connectivity index is 1.72. The Hall–Kier alpha value is -0.570. The van der Waals surface area contributed by atoms with Gasteiger partial charge in [0.1, 0.15) is 0 Å². The lowest BCUT2D eigenvalue weighted by atomic mass is 9.88. The number of nitrogens with one attached hydrogen (secondary N) is 1. The highest BCUT2D eigenvalue weighted by Crippen LogP contribution is 2.47. The van der Waals surface area contributed by atoms with E-state index in [-0.39, 0.29) is 11.8 Å². The smallest absolute Gasteiger partial charge is 0.224 e. The second-order valence-corrected chi connectivity index (χ2v) is 5.90. The molecule has 0 aromatic rings. The molecule has 17 heavy (non-hydrogen) atoms. The lowest BCUT2D eigenvalue weighted by Gasteiger charge is -2.23. The van der Waals surface area contributed by atoms with Crippen molar-refractivity contribution in [2.24, 2.45) is 29.4 Å². The fourth-order valence-electron chi connectivity index (χ4n) is 3.71. The zero-order chi connectivity index (χ0) is 12.3. The van der Waals surface area contributed by atoms with Crippen LogP contribution in [0.1, 0.15) is 45.4 Å². The van der Waals surface area contributed by atoms with E-state index in [1.54, 1.807) is 0 Å². The summed E-state index contributed by atoms with van der Waals surface area (Å²) >= 11 is 0. The van der Waals surface area contributed by atoms with E-state index in [0.717, 1.165) is 37.1 Å². The molecule has 2 bridgehead atoms. The standard InChI is InChI=1S/C14H26N2O/c1-2-3-12(8-15)14(17)16-9-13-7-10-4-5-11(13)6-10/h10-13H,2-9,15H2,1H3,(H,16,17). The van der Waals surface area contributed by atoms with E-state index in [9.17, 15) is 4.79 Å². The van der Waals surface area contributed by atoms with E-state index in [2.05, 4.69) is 12.2 Å². The number of hydrogen-bond donors (Lipinski definition) is 2. The van der Waals surface area contributed by atoms with Gasteiger partial charge in [-0.05, 0) is 43.4 Å². The third kappa shape index (κ3) is 3.01. The fourth-order valence-corrected chi connectivity index (χ4v) is 3.71. The van der Waals surface area contributed by atoms with Crippen molar-refractivity contribution in [1.82, 2.24) is 5.32 Å². The zero-order valence-corrected chi connectivity index (χ0v) is 11.0. The Kier molecular flexibility index (Phi) is 4.43. The molecule has 2 saturated carbocycles. The van der Waals surface area contributed by atoms with E-state index in [0.29, 0.717) is 6.54 Å². The van der Waals surface area contributed by atoms with Crippen LogP contribution >= 0.6 is 0 Å². The second-order valence-electron chi connectivity index (χ2n) is 5.90. The van der Waals surface area contributed by atoms with Crippen LogP contribution in [0.3, 0.4) is 0 Å². The van der Waals surface area contributed by atoms with Crippen molar-refractivity contribution >= 4 is 5.91 Å². The van der Waals surface area contributed by atoms with Gasteiger partial charge < -0.3 is 11.1 Å². The number of rotatable bonds is 6. The molecule has 0 radical (unpaired) electrons. The number of hydrogen-bond acceptors (Lipinski definition) is 2. The Morgan fingerprint density at radius 1 is 1.41 bits per heavy atom. The molecular formula is C14H26N2O. The molecule has 4 atom stereocenters. The van der Waals surface area contributed by atoms with Crippen LogP contribution in [0.2, 0.25) is 0 Å². The Morgan fingerprint density at radius 2 is 2.24 bits per heavy atom. The molecule has 0 spiro atoms. The van der Waals surface area contributed by atoms with Gasteiger partial charge in [-0.1, -0.05) is 19.8 Å². The Morgan fingerprint density at radius 3 is 2.76 bits per heavy atom. The molecule has 4 unspecified atom stereocenters. The first kappa shape index (κ1) is 12.9. The van der Waals surface area contributed by atoms with Crippen molar-refractivity contribution in [2.45, 2.75) is 45.4 Å². The van der Waals surface area contributed by atoms with Crippen molar-refractivity contribution in [3.63, 3.8) is 0 Å². The molecular weight excluding hydrogens is 212 g/mol. The first-order chi connectivity index (χ1) is 8.24. The zero-order valence-electron chi connectivity index (χ0n) is 11.0. The summed E-state index contributed by atoms with van der Waals surface area (Å²) in [5.41, 5.74) is 5.64. The van der Waals surface area contributed by atoms with Crippen LogP contribution in [0.5, 0.6) is 0 Å². The third-order valence-electron chi connectivity index (χ3n) is 4.72. The van der Waals surface area contributed by atoms with Gasteiger partial charge in [0.15, 0.2) is 0 Å². The quantitative estimate of drug-likeness (QED) is 0.742. The highest BCUT2D eigenvalue weighted by molar-refractivity contribution is 5.78. The van der Waals surface area contributed by atoms with Crippen LogP contribution in [-0.4, -0.2) is 19.0 Å². The molecule has 0 aliphatic heterocycles. The average molecular weight is 238 g/mol. The molecule has 0 saturated heterocycles. The summed E-state index contributed by atoms with van der Waals surface area (Å²) in [5, 5.41) is 3.13. The molecule has 0 heterocycles. The number of carbonyl (C=O) groups excluding carboxylic acids is 1. The van der Waals surface area contributed by atoms with Crippen molar-refractivity contribution < 1.29 is 4.79 Å². The summed E-state index contributed by atoms with van der Waals surface area (Å²) in [6, 6.07) is 0. The van der Waals surface area contributed by atoms with Gasteiger partial charge in [0.05, 0.1) is 5.92 Å². The summed E-state index contributed by atoms with van der Waals surface area (Å²) in [5.74, 6) is 2.80. The number of amides is 1. The molecule has 2 aliphatic rings. The molecule has 0 aromatic heterocycles. The highest BCUT2D eigenvalue weighted by atomic mass is 16.1. The second kappa shape index (κ2) is 5.85. The minimum absolute atomic E-state index is 0.0265. The summed E-state index contributed by atoms with van der Waals surface area (Å²) in [6.45, 7) is 3.47. The predicted molar refractivity (Wildman–Crippen MR) is 69.4 cm³/mol. The summed E-state index contributed by atoms with van der Waals surface area (Å²) in [4.78, 5) is 11.9.